The van der Waals surface area contributed by atoms with Crippen LogP contribution in [0.5, 0.6) is 0 Å². The van der Waals surface area contributed by atoms with Gasteiger partial charge in [-0.25, -0.2) is 0 Å². The van der Waals surface area contributed by atoms with Gasteiger partial charge >= 0.3 is 6.18 Å². The van der Waals surface area contributed by atoms with Crippen LogP contribution in [0.15, 0.2) is 28.8 Å². The van der Waals surface area contributed by atoms with Gasteiger partial charge in [0.15, 0.2) is 11.6 Å². The van der Waals surface area contributed by atoms with Crippen LogP contribution in [0.4, 0.5) is 19.0 Å². The first-order valence-electron chi connectivity index (χ1n) is 6.20. The average Bonchev–Trinajstić information content (AvgIpc) is 2.70. The summed E-state index contributed by atoms with van der Waals surface area (Å²) in [5, 5.41) is 3.70. The van der Waals surface area contributed by atoms with E-state index in [4.69, 9.17) is 10.3 Å². The largest absolute Gasteiger partial charge is 0.416 e. The molecule has 20 heavy (non-hydrogen) atoms. The molecule has 0 amide bonds. The Morgan fingerprint density at radius 3 is 2.30 bits per heavy atom. The summed E-state index contributed by atoms with van der Waals surface area (Å²) < 4.78 is 42.7. The zero-order valence-corrected chi connectivity index (χ0v) is 11.2. The van der Waals surface area contributed by atoms with E-state index in [-0.39, 0.29) is 5.82 Å². The number of aromatic nitrogens is 1. The van der Waals surface area contributed by atoms with Crippen molar-refractivity contribution in [2.75, 3.05) is 5.73 Å². The van der Waals surface area contributed by atoms with Crippen molar-refractivity contribution in [1.29, 1.82) is 0 Å². The van der Waals surface area contributed by atoms with E-state index in [0.717, 1.165) is 17.7 Å². The van der Waals surface area contributed by atoms with E-state index >= 15 is 0 Å². The Balaban J connectivity index is 2.37. The maximum absolute atomic E-state index is 12.5. The maximum atomic E-state index is 12.5. The third kappa shape index (κ3) is 2.95. The Hall–Kier alpha value is -1.98. The zero-order chi connectivity index (χ0) is 14.9. The average molecular weight is 284 g/mol. The van der Waals surface area contributed by atoms with Crippen LogP contribution in [0.1, 0.15) is 25.0 Å². The second-order valence-electron chi connectivity index (χ2n) is 5.05. The predicted molar refractivity (Wildman–Crippen MR) is 69.9 cm³/mol. The molecule has 0 saturated heterocycles. The summed E-state index contributed by atoms with van der Waals surface area (Å²) in [6.45, 7) is 4.03. The molecule has 2 rings (SSSR count). The maximum Gasteiger partial charge on any atom is 0.416 e. The van der Waals surface area contributed by atoms with Gasteiger partial charge in [-0.3, -0.25) is 0 Å². The van der Waals surface area contributed by atoms with Gasteiger partial charge in [0.1, 0.15) is 0 Å². The summed E-state index contributed by atoms with van der Waals surface area (Å²) in [4.78, 5) is 0. The highest BCUT2D eigenvalue weighted by molar-refractivity contribution is 5.66. The Kier molecular flexibility index (Phi) is 3.74. The number of benzene rings is 1. The van der Waals surface area contributed by atoms with Crippen molar-refractivity contribution in [3.05, 3.63) is 35.4 Å². The van der Waals surface area contributed by atoms with Crippen LogP contribution in [-0.2, 0) is 12.6 Å². The van der Waals surface area contributed by atoms with Gasteiger partial charge in [-0.05, 0) is 24.5 Å². The van der Waals surface area contributed by atoms with Crippen LogP contribution < -0.4 is 5.73 Å². The summed E-state index contributed by atoms with van der Waals surface area (Å²) >= 11 is 0. The molecule has 0 atom stereocenters. The highest BCUT2D eigenvalue weighted by atomic mass is 19.4. The first kappa shape index (κ1) is 14.4. The van der Waals surface area contributed by atoms with Crippen LogP contribution in [0, 0.1) is 5.92 Å². The topological polar surface area (TPSA) is 52.0 Å². The van der Waals surface area contributed by atoms with Crippen molar-refractivity contribution in [3.8, 4) is 11.3 Å². The van der Waals surface area contributed by atoms with Crippen LogP contribution in [0.25, 0.3) is 11.3 Å². The molecule has 0 radical (unpaired) electrons. The van der Waals surface area contributed by atoms with E-state index in [1.165, 1.54) is 12.1 Å². The Bertz CT molecular complexity index is 585. The fourth-order valence-corrected chi connectivity index (χ4v) is 1.96. The molecule has 0 aliphatic heterocycles. The number of alkyl halides is 3. The fourth-order valence-electron chi connectivity index (χ4n) is 1.96. The number of nitrogen functional groups attached to an aromatic ring is 1. The molecule has 2 N–H and O–H groups in total. The summed E-state index contributed by atoms with van der Waals surface area (Å²) in [7, 11) is 0. The first-order chi connectivity index (χ1) is 9.29. The lowest BCUT2D eigenvalue weighted by Crippen LogP contribution is -2.04. The molecule has 0 aliphatic carbocycles. The molecule has 0 aliphatic rings. The van der Waals surface area contributed by atoms with Crippen LogP contribution >= 0.6 is 0 Å². The molecule has 0 bridgehead atoms. The van der Waals surface area contributed by atoms with Crippen LogP contribution in [0.3, 0.4) is 0 Å². The third-order valence-electron chi connectivity index (χ3n) is 2.91. The molecule has 1 heterocycles. The summed E-state index contributed by atoms with van der Waals surface area (Å²) in [6.07, 6.45) is -3.69. The van der Waals surface area contributed by atoms with Crippen molar-refractivity contribution in [1.82, 2.24) is 5.16 Å². The molecule has 0 spiro atoms. The van der Waals surface area contributed by atoms with E-state index in [1.54, 1.807) is 0 Å². The van der Waals surface area contributed by atoms with Gasteiger partial charge in [0.25, 0.3) is 0 Å². The molecule has 0 saturated carbocycles. The number of anilines is 1. The van der Waals surface area contributed by atoms with Crippen LogP contribution in [-0.4, -0.2) is 5.16 Å². The SMILES string of the molecule is CC(C)Cc1c(N)noc1-c1ccc(C(F)(F)F)cc1. The van der Waals surface area contributed by atoms with Gasteiger partial charge in [0, 0.05) is 11.1 Å². The molecule has 6 heteroatoms. The summed E-state index contributed by atoms with van der Waals surface area (Å²) in [5.41, 5.74) is 6.32. The number of hydrogen-bond donors (Lipinski definition) is 1. The van der Waals surface area contributed by atoms with Crippen molar-refractivity contribution >= 4 is 5.82 Å². The molecular weight excluding hydrogens is 269 g/mol. The molecule has 0 unspecified atom stereocenters. The van der Waals surface area contributed by atoms with Crippen LogP contribution in [0.2, 0.25) is 0 Å². The van der Waals surface area contributed by atoms with Gasteiger partial charge in [-0.2, -0.15) is 13.2 Å². The number of hydrogen-bond acceptors (Lipinski definition) is 3. The molecule has 3 nitrogen and oxygen atoms in total. The Morgan fingerprint density at radius 2 is 1.80 bits per heavy atom. The fraction of sp³-hybridized carbons (Fsp3) is 0.357. The Morgan fingerprint density at radius 1 is 1.20 bits per heavy atom. The standard InChI is InChI=1S/C14H15F3N2O/c1-8(2)7-11-12(20-19-13(11)18)9-3-5-10(6-4-9)14(15,16)17/h3-6,8H,7H2,1-2H3,(H2,18,19). The lowest BCUT2D eigenvalue weighted by molar-refractivity contribution is -0.137. The van der Waals surface area contributed by atoms with Crippen molar-refractivity contribution in [3.63, 3.8) is 0 Å². The Labute approximate surface area is 114 Å². The highest BCUT2D eigenvalue weighted by Crippen LogP contribution is 2.33. The minimum absolute atomic E-state index is 0.286. The highest BCUT2D eigenvalue weighted by Gasteiger charge is 2.30. The molecule has 1 aromatic carbocycles. The quantitative estimate of drug-likeness (QED) is 0.921. The zero-order valence-electron chi connectivity index (χ0n) is 11.2. The van der Waals surface area contributed by atoms with Gasteiger partial charge in [-0.15, -0.1) is 0 Å². The lowest BCUT2D eigenvalue weighted by Gasteiger charge is -2.08. The minimum Gasteiger partial charge on any atom is -0.381 e. The first-order valence-corrected chi connectivity index (χ1v) is 6.20. The van der Waals surface area contributed by atoms with Crippen molar-refractivity contribution in [2.45, 2.75) is 26.4 Å². The minimum atomic E-state index is -4.35. The predicted octanol–water partition coefficient (Wildman–Crippen LogP) is 4.14. The third-order valence-corrected chi connectivity index (χ3v) is 2.91. The van der Waals surface area contributed by atoms with Gasteiger partial charge in [-0.1, -0.05) is 31.1 Å². The number of rotatable bonds is 3. The van der Waals surface area contributed by atoms with Crippen molar-refractivity contribution in [2.24, 2.45) is 5.92 Å². The lowest BCUT2D eigenvalue weighted by atomic mass is 9.99. The second kappa shape index (κ2) is 5.19. The van der Waals surface area contributed by atoms with Gasteiger partial charge in [0.2, 0.25) is 0 Å². The molecule has 0 fully saturated rings. The number of nitrogens with two attached hydrogens (primary N) is 1. The summed E-state index contributed by atoms with van der Waals surface area (Å²) in [6, 6.07) is 4.78. The summed E-state index contributed by atoms with van der Waals surface area (Å²) in [5.74, 6) is 1.06. The number of nitrogens with zero attached hydrogens (tertiary/aromatic N) is 1. The van der Waals surface area contributed by atoms with Gasteiger partial charge in [0.05, 0.1) is 5.56 Å². The van der Waals surface area contributed by atoms with E-state index in [0.29, 0.717) is 23.7 Å². The van der Waals surface area contributed by atoms with E-state index in [2.05, 4.69) is 5.16 Å². The van der Waals surface area contributed by atoms with E-state index in [9.17, 15) is 13.2 Å². The molecule has 108 valence electrons. The second-order valence-corrected chi connectivity index (χ2v) is 5.05. The van der Waals surface area contributed by atoms with Crippen molar-refractivity contribution < 1.29 is 17.7 Å². The normalized spacial score (nSPS) is 12.1. The van der Waals surface area contributed by atoms with Gasteiger partial charge < -0.3 is 10.3 Å². The number of halogens is 3. The molecule has 1 aromatic heterocycles. The smallest absolute Gasteiger partial charge is 0.381 e. The van der Waals surface area contributed by atoms with E-state index < -0.39 is 11.7 Å². The molecule has 2 aromatic rings. The monoisotopic (exact) mass is 284 g/mol. The van der Waals surface area contributed by atoms with E-state index in [1.807, 2.05) is 13.8 Å². The molecular formula is C14H15F3N2O.